The van der Waals surface area contributed by atoms with Crippen LogP contribution in [0.25, 0.3) is 10.2 Å². The third kappa shape index (κ3) is 6.45. The van der Waals surface area contributed by atoms with E-state index in [1.165, 1.54) is 22.7 Å². The number of hydrogen-bond acceptors (Lipinski definition) is 9. The van der Waals surface area contributed by atoms with E-state index >= 15 is 0 Å². The molecule has 0 aliphatic carbocycles. The van der Waals surface area contributed by atoms with Crippen molar-refractivity contribution >= 4 is 44.7 Å². The first-order valence-electron chi connectivity index (χ1n) is 11.4. The molecule has 2 amide bonds. The standard InChI is InChI=1S/C24H31N5O5S2/c1-5-16-21(35-14(2)27-16)23(31)28-24-29(10-7-6-9-25)20-17(34-11-8-19(32-3)33-4)12-15(22(26)30)13-18(20)36-24/h6-7,12-13,19H,5,8-11,25H2,1-4H3,(H2,26,30)/b7-6+,28-24?. The number of allylic oxidation sites excluding steroid dienone is 1. The number of ether oxygens (including phenoxy) is 3. The molecule has 2 heterocycles. The first kappa shape index (κ1) is 27.7. The van der Waals surface area contributed by atoms with Gasteiger partial charge >= 0.3 is 0 Å². The van der Waals surface area contributed by atoms with Crippen LogP contribution in [0.1, 0.15) is 44.1 Å². The first-order chi connectivity index (χ1) is 17.3. The van der Waals surface area contributed by atoms with E-state index in [9.17, 15) is 9.59 Å². The molecule has 4 N–H and O–H groups in total. The second kappa shape index (κ2) is 12.9. The van der Waals surface area contributed by atoms with Gasteiger partial charge < -0.3 is 30.2 Å². The number of aromatic nitrogens is 2. The lowest BCUT2D eigenvalue weighted by Gasteiger charge is -2.15. The molecule has 0 aliphatic heterocycles. The van der Waals surface area contributed by atoms with Gasteiger partial charge in [0.1, 0.15) is 16.1 Å². The molecule has 0 saturated heterocycles. The summed E-state index contributed by atoms with van der Waals surface area (Å²) in [7, 11) is 3.10. The van der Waals surface area contributed by atoms with E-state index < -0.39 is 12.2 Å². The highest BCUT2D eigenvalue weighted by Crippen LogP contribution is 2.30. The summed E-state index contributed by atoms with van der Waals surface area (Å²) in [5, 5.41) is 0.813. The largest absolute Gasteiger partial charge is 0.491 e. The molecule has 0 bridgehead atoms. The van der Waals surface area contributed by atoms with Crippen molar-refractivity contribution in [3.8, 4) is 5.75 Å². The number of hydrogen-bond donors (Lipinski definition) is 2. The Kier molecular flexibility index (Phi) is 9.90. The molecule has 12 heteroatoms. The Bertz CT molecular complexity index is 1320. The third-order valence-corrected chi connectivity index (χ3v) is 7.31. The molecule has 0 unspecified atom stereocenters. The molecule has 0 spiro atoms. The molecule has 194 valence electrons. The Labute approximate surface area is 217 Å². The minimum Gasteiger partial charge on any atom is -0.491 e. The van der Waals surface area contributed by atoms with Gasteiger partial charge in [-0.1, -0.05) is 30.4 Å². The number of carbonyl (C=O) groups excluding carboxylic acids is 2. The number of benzene rings is 1. The number of nitrogens with two attached hydrogens (primary N) is 2. The second-order valence-corrected chi connectivity index (χ2v) is 9.92. The van der Waals surface area contributed by atoms with Crippen LogP contribution < -0.4 is 21.0 Å². The molecule has 3 aromatic rings. The summed E-state index contributed by atoms with van der Waals surface area (Å²) in [6, 6.07) is 3.28. The molecule has 1 aromatic carbocycles. The Morgan fingerprint density at radius 1 is 1.22 bits per heavy atom. The minimum atomic E-state index is -0.585. The monoisotopic (exact) mass is 533 g/mol. The zero-order valence-electron chi connectivity index (χ0n) is 20.8. The Hall–Kier alpha value is -2.90. The number of methoxy groups -OCH3 is 2. The predicted molar refractivity (Wildman–Crippen MR) is 141 cm³/mol. The molecular formula is C24H31N5O5S2. The molecular weight excluding hydrogens is 502 g/mol. The lowest BCUT2D eigenvalue weighted by Crippen LogP contribution is -2.19. The van der Waals surface area contributed by atoms with Gasteiger partial charge in [-0.15, -0.1) is 11.3 Å². The minimum absolute atomic E-state index is 0.267. The van der Waals surface area contributed by atoms with Gasteiger partial charge in [0.2, 0.25) is 5.91 Å². The highest BCUT2D eigenvalue weighted by Gasteiger charge is 2.19. The molecule has 3 rings (SSSR count). The Morgan fingerprint density at radius 3 is 2.61 bits per heavy atom. The smallest absolute Gasteiger partial charge is 0.291 e. The number of thiazole rings is 2. The fourth-order valence-electron chi connectivity index (χ4n) is 3.57. The number of primary amides is 1. The summed E-state index contributed by atoms with van der Waals surface area (Å²) in [5.41, 5.74) is 12.9. The highest BCUT2D eigenvalue weighted by atomic mass is 32.1. The summed E-state index contributed by atoms with van der Waals surface area (Å²) < 4.78 is 19.1. The fourth-order valence-corrected chi connectivity index (χ4v) is 5.55. The summed E-state index contributed by atoms with van der Waals surface area (Å²) in [6.45, 7) is 4.86. The summed E-state index contributed by atoms with van der Waals surface area (Å²) in [5.74, 6) is -0.499. The lowest BCUT2D eigenvalue weighted by atomic mass is 10.2. The van der Waals surface area contributed by atoms with Crippen LogP contribution in [-0.4, -0.2) is 55.0 Å². The van der Waals surface area contributed by atoms with Crippen LogP contribution in [0, 0.1) is 6.92 Å². The van der Waals surface area contributed by atoms with Crippen molar-refractivity contribution in [1.29, 1.82) is 0 Å². The van der Waals surface area contributed by atoms with Crippen molar-refractivity contribution in [2.24, 2.45) is 16.5 Å². The quantitative estimate of drug-likeness (QED) is 0.269. The van der Waals surface area contributed by atoms with Gasteiger partial charge in [0.05, 0.1) is 22.0 Å². The maximum atomic E-state index is 13.2. The van der Waals surface area contributed by atoms with Gasteiger partial charge in [-0.3, -0.25) is 9.59 Å². The van der Waals surface area contributed by atoms with Gasteiger partial charge in [-0.25, -0.2) is 4.98 Å². The summed E-state index contributed by atoms with van der Waals surface area (Å²) >= 11 is 2.61. The van der Waals surface area contributed by atoms with E-state index in [4.69, 9.17) is 25.7 Å². The molecule has 36 heavy (non-hydrogen) atoms. The average molecular weight is 534 g/mol. The van der Waals surface area contributed by atoms with Crippen molar-refractivity contribution in [2.45, 2.75) is 39.5 Å². The predicted octanol–water partition coefficient (Wildman–Crippen LogP) is 2.77. The van der Waals surface area contributed by atoms with Gasteiger partial charge in [0.25, 0.3) is 5.91 Å². The molecule has 0 fully saturated rings. The molecule has 0 aliphatic rings. The van der Waals surface area contributed by atoms with E-state index in [0.29, 0.717) is 57.1 Å². The third-order valence-electron chi connectivity index (χ3n) is 5.28. The van der Waals surface area contributed by atoms with E-state index in [2.05, 4.69) is 9.98 Å². The van der Waals surface area contributed by atoms with Crippen molar-refractivity contribution in [3.05, 3.63) is 50.2 Å². The number of carbonyl (C=O) groups is 2. The maximum Gasteiger partial charge on any atom is 0.291 e. The molecule has 0 atom stereocenters. The van der Waals surface area contributed by atoms with Crippen LogP contribution in [0.5, 0.6) is 5.75 Å². The van der Waals surface area contributed by atoms with Gasteiger partial charge in [0.15, 0.2) is 11.1 Å². The van der Waals surface area contributed by atoms with Crippen molar-refractivity contribution in [1.82, 2.24) is 9.55 Å². The number of nitrogens with zero attached hydrogens (tertiary/aromatic N) is 3. The molecule has 0 radical (unpaired) electrons. The number of aryl methyl sites for hydroxylation is 2. The van der Waals surface area contributed by atoms with Crippen molar-refractivity contribution in [2.75, 3.05) is 27.4 Å². The average Bonchev–Trinajstić information content (AvgIpc) is 3.41. The number of rotatable bonds is 12. The van der Waals surface area contributed by atoms with Gasteiger partial charge in [-0.05, 0) is 25.5 Å². The zero-order valence-corrected chi connectivity index (χ0v) is 22.4. The van der Waals surface area contributed by atoms with Crippen molar-refractivity contribution < 1.29 is 23.8 Å². The van der Waals surface area contributed by atoms with Crippen LogP contribution in [0.15, 0.2) is 29.3 Å². The molecule has 10 nitrogen and oxygen atoms in total. The van der Waals surface area contributed by atoms with E-state index in [1.54, 1.807) is 26.4 Å². The SMILES string of the molecule is CCc1nc(C)sc1C(=O)N=c1sc2cc(C(N)=O)cc(OCCC(OC)OC)c2n1C/C=C/CN. The van der Waals surface area contributed by atoms with Gasteiger partial charge in [-0.2, -0.15) is 4.99 Å². The van der Waals surface area contributed by atoms with E-state index in [0.717, 1.165) is 10.7 Å². The van der Waals surface area contributed by atoms with E-state index in [-0.39, 0.29) is 12.5 Å². The number of amides is 2. The first-order valence-corrected chi connectivity index (χ1v) is 13.0. The van der Waals surface area contributed by atoms with Crippen LogP contribution in [0.3, 0.4) is 0 Å². The summed E-state index contributed by atoms with van der Waals surface area (Å²) in [6.07, 6.45) is 4.38. The van der Waals surface area contributed by atoms with Crippen LogP contribution in [0.2, 0.25) is 0 Å². The molecule has 2 aromatic heterocycles. The lowest BCUT2D eigenvalue weighted by molar-refractivity contribution is -0.110. The van der Waals surface area contributed by atoms with Crippen LogP contribution in [0.4, 0.5) is 0 Å². The highest BCUT2D eigenvalue weighted by molar-refractivity contribution is 7.16. The second-order valence-electron chi connectivity index (χ2n) is 7.71. The normalized spacial score (nSPS) is 12.3. The van der Waals surface area contributed by atoms with Crippen LogP contribution >= 0.6 is 22.7 Å². The summed E-state index contributed by atoms with van der Waals surface area (Å²) in [4.78, 5) is 35.1. The number of fused-ring (bicyclic) bond motifs is 1. The van der Waals surface area contributed by atoms with Gasteiger partial charge in [0, 0.05) is 39.3 Å². The van der Waals surface area contributed by atoms with Crippen LogP contribution in [-0.2, 0) is 22.4 Å². The van der Waals surface area contributed by atoms with E-state index in [1.807, 2.05) is 30.6 Å². The Balaban J connectivity index is 2.16. The molecule has 0 saturated carbocycles. The topological polar surface area (TPSA) is 144 Å². The van der Waals surface area contributed by atoms with Crippen molar-refractivity contribution in [3.63, 3.8) is 0 Å². The fraction of sp³-hybridized carbons (Fsp3) is 0.417. The maximum absolute atomic E-state index is 13.2. The zero-order chi connectivity index (χ0) is 26.2. The Morgan fingerprint density at radius 2 is 1.97 bits per heavy atom.